The van der Waals surface area contributed by atoms with E-state index in [1.165, 1.54) is 6.07 Å². The van der Waals surface area contributed by atoms with E-state index in [0.717, 1.165) is 54.3 Å². The van der Waals surface area contributed by atoms with Crippen molar-refractivity contribution in [2.45, 2.75) is 13.8 Å². The van der Waals surface area contributed by atoms with Crippen LogP contribution in [0.2, 0.25) is 0 Å². The molecule has 1 fully saturated rings. The van der Waals surface area contributed by atoms with Crippen LogP contribution in [0.15, 0.2) is 57.7 Å². The Morgan fingerprint density at radius 3 is 2.67 bits per heavy atom. The van der Waals surface area contributed by atoms with Crippen LogP contribution in [0.1, 0.15) is 12.5 Å². The van der Waals surface area contributed by atoms with Crippen molar-refractivity contribution in [3.63, 3.8) is 0 Å². The maximum absolute atomic E-state index is 11.7. The van der Waals surface area contributed by atoms with E-state index in [1.807, 2.05) is 50.2 Å². The quantitative estimate of drug-likeness (QED) is 0.502. The predicted molar refractivity (Wildman–Crippen MR) is 125 cm³/mol. The molecule has 0 bridgehead atoms. The first kappa shape index (κ1) is 20.2. The first-order chi connectivity index (χ1) is 14.5. The maximum Gasteiger partial charge on any atom is 0.336 e. The summed E-state index contributed by atoms with van der Waals surface area (Å²) in [4.78, 5) is 16.2. The fraction of sp³-hybridized carbons (Fsp3) is 0.304. The number of para-hydroxylation sites is 2. The number of hydrogen-bond donors (Lipinski definition) is 1. The molecule has 0 saturated carbocycles. The lowest BCUT2D eigenvalue weighted by Gasteiger charge is -2.38. The number of piperazine rings is 1. The lowest BCUT2D eigenvalue weighted by molar-refractivity contribution is 0.336. The summed E-state index contributed by atoms with van der Waals surface area (Å²) in [5, 5.41) is 4.87. The molecule has 1 aliphatic rings. The molecular weight excluding hydrogens is 398 g/mol. The minimum atomic E-state index is -0.344. The van der Waals surface area contributed by atoms with Crippen molar-refractivity contribution in [1.82, 2.24) is 4.90 Å². The Morgan fingerprint density at radius 1 is 1.13 bits per heavy atom. The fourth-order valence-electron chi connectivity index (χ4n) is 3.75. The van der Waals surface area contributed by atoms with E-state index in [2.05, 4.69) is 21.2 Å². The molecule has 0 atom stereocenters. The summed E-state index contributed by atoms with van der Waals surface area (Å²) in [6.07, 6.45) is 0. The van der Waals surface area contributed by atoms with Crippen LogP contribution in [-0.4, -0.2) is 42.8 Å². The average molecular weight is 424 g/mol. The SMILES string of the molecule is CCOc1ccccc1N1CCN(C(=S)Nc2ccc3c(C)cc(=O)oc3c2)CC1. The lowest BCUT2D eigenvalue weighted by atomic mass is 10.1. The molecule has 0 unspecified atom stereocenters. The molecule has 156 valence electrons. The van der Waals surface area contributed by atoms with Crippen LogP contribution in [-0.2, 0) is 0 Å². The molecule has 30 heavy (non-hydrogen) atoms. The first-order valence-corrected chi connectivity index (χ1v) is 10.5. The zero-order chi connectivity index (χ0) is 21.1. The van der Waals surface area contributed by atoms with Crippen molar-refractivity contribution in [1.29, 1.82) is 0 Å². The van der Waals surface area contributed by atoms with Gasteiger partial charge in [-0.2, -0.15) is 0 Å². The van der Waals surface area contributed by atoms with Crippen molar-refractivity contribution in [3.8, 4) is 5.75 Å². The van der Waals surface area contributed by atoms with Gasteiger partial charge in [0.05, 0.1) is 12.3 Å². The number of nitrogens with zero attached hydrogens (tertiary/aromatic N) is 2. The molecule has 1 aliphatic heterocycles. The Balaban J connectivity index is 1.41. The van der Waals surface area contributed by atoms with E-state index in [1.54, 1.807) is 0 Å². The maximum atomic E-state index is 11.7. The highest BCUT2D eigenvalue weighted by atomic mass is 32.1. The van der Waals surface area contributed by atoms with Gasteiger partial charge in [0.2, 0.25) is 0 Å². The van der Waals surface area contributed by atoms with Gasteiger partial charge in [0, 0.05) is 49.4 Å². The van der Waals surface area contributed by atoms with Gasteiger partial charge >= 0.3 is 5.63 Å². The van der Waals surface area contributed by atoms with E-state index in [9.17, 15) is 4.79 Å². The highest BCUT2D eigenvalue weighted by Crippen LogP contribution is 2.29. The zero-order valence-corrected chi connectivity index (χ0v) is 18.0. The van der Waals surface area contributed by atoms with E-state index in [4.69, 9.17) is 21.4 Å². The van der Waals surface area contributed by atoms with Gasteiger partial charge in [0.15, 0.2) is 5.11 Å². The molecule has 1 saturated heterocycles. The third-order valence-electron chi connectivity index (χ3n) is 5.28. The highest BCUT2D eigenvalue weighted by molar-refractivity contribution is 7.80. The topological polar surface area (TPSA) is 58.0 Å². The van der Waals surface area contributed by atoms with Crippen molar-refractivity contribution in [3.05, 3.63) is 64.5 Å². The Kier molecular flexibility index (Phi) is 5.90. The van der Waals surface area contributed by atoms with Crippen molar-refractivity contribution < 1.29 is 9.15 Å². The number of thiocarbonyl (C=S) groups is 1. The molecule has 2 aromatic carbocycles. The first-order valence-electron chi connectivity index (χ1n) is 10.1. The van der Waals surface area contributed by atoms with Crippen LogP contribution in [0.4, 0.5) is 11.4 Å². The number of anilines is 2. The van der Waals surface area contributed by atoms with E-state index in [-0.39, 0.29) is 5.63 Å². The molecule has 4 rings (SSSR count). The van der Waals surface area contributed by atoms with E-state index < -0.39 is 0 Å². The number of fused-ring (bicyclic) bond motifs is 1. The monoisotopic (exact) mass is 423 g/mol. The molecule has 0 spiro atoms. The van der Waals surface area contributed by atoms with Gasteiger partial charge in [-0.25, -0.2) is 4.79 Å². The van der Waals surface area contributed by atoms with Crippen LogP contribution < -0.4 is 20.6 Å². The van der Waals surface area contributed by atoms with E-state index in [0.29, 0.717) is 17.3 Å². The lowest BCUT2D eigenvalue weighted by Crippen LogP contribution is -2.50. The Morgan fingerprint density at radius 2 is 1.90 bits per heavy atom. The molecule has 7 heteroatoms. The van der Waals surface area contributed by atoms with Gasteiger partial charge in [-0.05, 0) is 55.9 Å². The highest BCUT2D eigenvalue weighted by Gasteiger charge is 2.21. The van der Waals surface area contributed by atoms with Gasteiger partial charge in [0.1, 0.15) is 11.3 Å². The summed E-state index contributed by atoms with van der Waals surface area (Å²) < 4.78 is 11.1. The summed E-state index contributed by atoms with van der Waals surface area (Å²) in [5.74, 6) is 0.919. The molecule has 1 aromatic heterocycles. The van der Waals surface area contributed by atoms with Gasteiger partial charge in [0.25, 0.3) is 0 Å². The minimum absolute atomic E-state index is 0.344. The molecule has 0 amide bonds. The zero-order valence-electron chi connectivity index (χ0n) is 17.2. The molecule has 1 N–H and O–H groups in total. The Bertz CT molecular complexity index is 1120. The average Bonchev–Trinajstić information content (AvgIpc) is 2.74. The molecule has 6 nitrogen and oxygen atoms in total. The van der Waals surface area contributed by atoms with Crippen LogP contribution in [0, 0.1) is 6.92 Å². The van der Waals surface area contributed by atoms with Crippen LogP contribution >= 0.6 is 12.2 Å². The second-order valence-electron chi connectivity index (χ2n) is 7.26. The molecule has 3 aromatic rings. The van der Waals surface area contributed by atoms with Crippen LogP contribution in [0.3, 0.4) is 0 Å². The molecular formula is C23H25N3O3S. The molecule has 0 aliphatic carbocycles. The number of aryl methyl sites for hydroxylation is 1. The van der Waals surface area contributed by atoms with Gasteiger partial charge in [-0.3, -0.25) is 0 Å². The predicted octanol–water partition coefficient (Wildman–Crippen LogP) is 4.02. The molecule has 0 radical (unpaired) electrons. The van der Waals surface area contributed by atoms with E-state index >= 15 is 0 Å². The van der Waals surface area contributed by atoms with Crippen molar-refractivity contribution >= 4 is 39.7 Å². The summed E-state index contributed by atoms with van der Waals surface area (Å²) in [6.45, 7) is 7.90. The molecule has 2 heterocycles. The summed E-state index contributed by atoms with van der Waals surface area (Å²) in [6, 6.07) is 15.4. The second-order valence-corrected chi connectivity index (χ2v) is 7.65. The number of rotatable bonds is 4. The fourth-order valence-corrected chi connectivity index (χ4v) is 4.05. The Hall–Kier alpha value is -3.06. The normalized spacial score (nSPS) is 14.1. The smallest absolute Gasteiger partial charge is 0.336 e. The van der Waals surface area contributed by atoms with Gasteiger partial charge in [-0.1, -0.05) is 12.1 Å². The standard InChI is InChI=1S/C23H25N3O3S/c1-3-28-20-7-5-4-6-19(20)25-10-12-26(13-11-25)23(30)24-17-8-9-18-16(2)14-22(27)29-21(18)15-17/h4-9,14-15H,3,10-13H2,1-2H3,(H,24,30). The second kappa shape index (κ2) is 8.75. The summed E-state index contributed by atoms with van der Waals surface area (Å²) >= 11 is 5.63. The summed E-state index contributed by atoms with van der Waals surface area (Å²) in [5.41, 5.74) is 3.05. The summed E-state index contributed by atoms with van der Waals surface area (Å²) in [7, 11) is 0. The third kappa shape index (κ3) is 4.26. The van der Waals surface area contributed by atoms with Crippen molar-refractivity contribution in [2.75, 3.05) is 43.0 Å². The Labute approximate surface area is 181 Å². The largest absolute Gasteiger partial charge is 0.492 e. The number of nitrogens with one attached hydrogen (secondary N) is 1. The van der Waals surface area contributed by atoms with Crippen LogP contribution in [0.5, 0.6) is 5.75 Å². The van der Waals surface area contributed by atoms with Crippen LogP contribution in [0.25, 0.3) is 11.0 Å². The minimum Gasteiger partial charge on any atom is -0.492 e. The third-order valence-corrected chi connectivity index (χ3v) is 5.64. The number of hydrogen-bond acceptors (Lipinski definition) is 5. The van der Waals surface area contributed by atoms with Gasteiger partial charge < -0.3 is 24.3 Å². The van der Waals surface area contributed by atoms with Gasteiger partial charge in [-0.15, -0.1) is 0 Å². The number of ether oxygens (including phenoxy) is 1. The number of benzene rings is 2. The van der Waals surface area contributed by atoms with Crippen molar-refractivity contribution in [2.24, 2.45) is 0 Å².